The standard InChI is InChI=1S/C18H20FN3O/c1-12-10-13(6-7-15(12)19)11-21-18(20)22-16-8-9-23-17-5-3-2-4-14(16)17/h2-7,10,16H,8-9,11H2,1H3,(H3,20,21,22). The van der Waals surface area contributed by atoms with Crippen molar-refractivity contribution in [1.82, 2.24) is 5.32 Å². The van der Waals surface area contributed by atoms with Crippen LogP contribution >= 0.6 is 0 Å². The second kappa shape index (κ2) is 6.69. The number of rotatable bonds is 3. The van der Waals surface area contributed by atoms with Crippen LogP contribution in [0.25, 0.3) is 0 Å². The third-order valence-corrected chi connectivity index (χ3v) is 3.93. The molecule has 0 saturated carbocycles. The molecule has 0 fully saturated rings. The molecule has 3 rings (SSSR count). The first kappa shape index (κ1) is 15.3. The largest absolute Gasteiger partial charge is 0.493 e. The molecule has 5 heteroatoms. The van der Waals surface area contributed by atoms with Gasteiger partial charge in [0.25, 0.3) is 0 Å². The molecule has 0 saturated heterocycles. The lowest BCUT2D eigenvalue weighted by Gasteiger charge is -2.26. The highest BCUT2D eigenvalue weighted by molar-refractivity contribution is 5.78. The lowest BCUT2D eigenvalue weighted by Crippen LogP contribution is -2.37. The van der Waals surface area contributed by atoms with E-state index in [-0.39, 0.29) is 11.9 Å². The van der Waals surface area contributed by atoms with E-state index in [1.807, 2.05) is 24.3 Å². The van der Waals surface area contributed by atoms with Gasteiger partial charge in [0.15, 0.2) is 5.96 Å². The number of benzene rings is 2. The first-order valence-corrected chi connectivity index (χ1v) is 7.66. The Kier molecular flexibility index (Phi) is 4.46. The maximum Gasteiger partial charge on any atom is 0.189 e. The van der Waals surface area contributed by atoms with E-state index in [9.17, 15) is 4.39 Å². The predicted octanol–water partition coefficient (Wildman–Crippen LogP) is 3.06. The highest BCUT2D eigenvalue weighted by atomic mass is 19.1. The molecule has 2 aromatic rings. The Morgan fingerprint density at radius 1 is 1.35 bits per heavy atom. The molecule has 0 spiro atoms. The van der Waals surface area contributed by atoms with Crippen LogP contribution in [0.4, 0.5) is 4.39 Å². The van der Waals surface area contributed by atoms with E-state index in [0.29, 0.717) is 24.7 Å². The van der Waals surface area contributed by atoms with Gasteiger partial charge >= 0.3 is 0 Å². The van der Waals surface area contributed by atoms with Gasteiger partial charge in [0.05, 0.1) is 19.2 Å². The van der Waals surface area contributed by atoms with Crippen molar-refractivity contribution in [3.63, 3.8) is 0 Å². The summed E-state index contributed by atoms with van der Waals surface area (Å²) in [6, 6.07) is 13.0. The second-order valence-electron chi connectivity index (χ2n) is 5.66. The zero-order valence-corrected chi connectivity index (χ0v) is 13.1. The number of fused-ring (bicyclic) bond motifs is 1. The lowest BCUT2D eigenvalue weighted by atomic mass is 10.0. The molecular weight excluding hydrogens is 293 g/mol. The summed E-state index contributed by atoms with van der Waals surface area (Å²) in [5.74, 6) is 1.06. The van der Waals surface area contributed by atoms with Gasteiger partial charge in [-0.05, 0) is 30.2 Å². The molecule has 0 amide bonds. The summed E-state index contributed by atoms with van der Waals surface area (Å²) in [7, 11) is 0. The Bertz CT molecular complexity index is 730. The summed E-state index contributed by atoms with van der Waals surface area (Å²) in [5, 5.41) is 3.24. The van der Waals surface area contributed by atoms with E-state index < -0.39 is 0 Å². The average Bonchev–Trinajstić information content (AvgIpc) is 2.56. The van der Waals surface area contributed by atoms with Gasteiger partial charge in [0.1, 0.15) is 11.6 Å². The summed E-state index contributed by atoms with van der Waals surface area (Å²) in [6.07, 6.45) is 0.836. The second-order valence-corrected chi connectivity index (χ2v) is 5.66. The van der Waals surface area contributed by atoms with Crippen LogP contribution in [0.2, 0.25) is 0 Å². The number of nitrogens with zero attached hydrogens (tertiary/aromatic N) is 1. The van der Waals surface area contributed by atoms with Crippen LogP contribution in [0, 0.1) is 12.7 Å². The monoisotopic (exact) mass is 313 g/mol. The Balaban J connectivity index is 1.67. The highest BCUT2D eigenvalue weighted by Crippen LogP contribution is 2.31. The lowest BCUT2D eigenvalue weighted by molar-refractivity contribution is 0.262. The minimum atomic E-state index is -0.206. The van der Waals surface area contributed by atoms with E-state index in [1.54, 1.807) is 19.1 Å². The molecular formula is C18H20FN3O. The van der Waals surface area contributed by atoms with Crippen LogP contribution in [-0.4, -0.2) is 12.6 Å². The van der Waals surface area contributed by atoms with Crippen molar-refractivity contribution in [3.8, 4) is 5.75 Å². The number of hydrogen-bond donors (Lipinski definition) is 2. The van der Waals surface area contributed by atoms with Gasteiger partial charge in [-0.15, -0.1) is 0 Å². The highest BCUT2D eigenvalue weighted by Gasteiger charge is 2.21. The molecule has 0 aliphatic carbocycles. The van der Waals surface area contributed by atoms with Gasteiger partial charge in [0.2, 0.25) is 0 Å². The molecule has 1 atom stereocenters. The Morgan fingerprint density at radius 2 is 2.17 bits per heavy atom. The molecule has 3 N–H and O–H groups in total. The molecule has 1 unspecified atom stereocenters. The minimum absolute atomic E-state index is 0.0960. The van der Waals surface area contributed by atoms with Crippen LogP contribution < -0.4 is 15.8 Å². The topological polar surface area (TPSA) is 59.6 Å². The van der Waals surface area contributed by atoms with Gasteiger partial charge in [-0.2, -0.15) is 0 Å². The summed E-state index contributed by atoms with van der Waals surface area (Å²) < 4.78 is 18.9. The van der Waals surface area contributed by atoms with Crippen LogP contribution in [0.5, 0.6) is 5.75 Å². The van der Waals surface area contributed by atoms with E-state index >= 15 is 0 Å². The third kappa shape index (κ3) is 3.62. The summed E-state index contributed by atoms with van der Waals surface area (Å²) in [4.78, 5) is 4.35. The first-order valence-electron chi connectivity index (χ1n) is 7.66. The number of nitrogens with one attached hydrogen (secondary N) is 1. The molecule has 1 heterocycles. The van der Waals surface area contributed by atoms with Gasteiger partial charge in [-0.25, -0.2) is 9.38 Å². The van der Waals surface area contributed by atoms with Crippen LogP contribution in [0.15, 0.2) is 47.5 Å². The van der Waals surface area contributed by atoms with Gasteiger partial charge in [0, 0.05) is 12.0 Å². The van der Waals surface area contributed by atoms with E-state index in [2.05, 4.69) is 10.3 Å². The van der Waals surface area contributed by atoms with Crippen molar-refractivity contribution in [2.75, 3.05) is 6.61 Å². The van der Waals surface area contributed by atoms with Crippen LogP contribution in [-0.2, 0) is 6.54 Å². The number of aryl methyl sites for hydroxylation is 1. The number of aliphatic imine (C=N–C) groups is 1. The summed E-state index contributed by atoms with van der Waals surface area (Å²) in [6.45, 7) is 2.81. The average molecular weight is 313 g/mol. The summed E-state index contributed by atoms with van der Waals surface area (Å²) in [5.41, 5.74) is 8.64. The van der Waals surface area contributed by atoms with Crippen molar-refractivity contribution in [1.29, 1.82) is 0 Å². The molecule has 23 heavy (non-hydrogen) atoms. The normalized spacial score (nSPS) is 17.3. The zero-order chi connectivity index (χ0) is 16.2. The smallest absolute Gasteiger partial charge is 0.189 e. The SMILES string of the molecule is Cc1cc(CN=C(N)NC2CCOc3ccccc32)ccc1F. The number of hydrogen-bond acceptors (Lipinski definition) is 2. The first-order chi connectivity index (χ1) is 11.1. The minimum Gasteiger partial charge on any atom is -0.493 e. The van der Waals surface area contributed by atoms with Crippen molar-refractivity contribution in [2.24, 2.45) is 10.7 Å². The molecule has 1 aliphatic heterocycles. The molecule has 4 nitrogen and oxygen atoms in total. The maximum absolute atomic E-state index is 13.3. The zero-order valence-electron chi connectivity index (χ0n) is 13.1. The van der Waals surface area contributed by atoms with Gasteiger partial charge < -0.3 is 15.8 Å². The van der Waals surface area contributed by atoms with E-state index in [4.69, 9.17) is 10.5 Å². The van der Waals surface area contributed by atoms with Gasteiger partial charge in [-0.1, -0.05) is 30.3 Å². The van der Waals surface area contributed by atoms with Crippen molar-refractivity contribution in [3.05, 3.63) is 65.0 Å². The quantitative estimate of drug-likeness (QED) is 0.676. The maximum atomic E-state index is 13.3. The number of nitrogens with two attached hydrogens (primary N) is 1. The fourth-order valence-corrected chi connectivity index (χ4v) is 2.70. The summed E-state index contributed by atoms with van der Waals surface area (Å²) >= 11 is 0. The van der Waals surface area contributed by atoms with E-state index in [0.717, 1.165) is 23.3 Å². The van der Waals surface area contributed by atoms with Crippen LogP contribution in [0.1, 0.15) is 29.2 Å². The van der Waals surface area contributed by atoms with Crippen molar-refractivity contribution < 1.29 is 9.13 Å². The number of guanidine groups is 1. The number of halogens is 1. The molecule has 1 aliphatic rings. The number of para-hydroxylation sites is 1. The van der Waals surface area contributed by atoms with Gasteiger partial charge in [-0.3, -0.25) is 0 Å². The molecule has 120 valence electrons. The van der Waals surface area contributed by atoms with Crippen LogP contribution in [0.3, 0.4) is 0 Å². The molecule has 0 bridgehead atoms. The Labute approximate surface area is 135 Å². The molecule has 0 radical (unpaired) electrons. The molecule has 0 aromatic heterocycles. The Hall–Kier alpha value is -2.56. The Morgan fingerprint density at radius 3 is 3.00 bits per heavy atom. The molecule has 2 aromatic carbocycles. The predicted molar refractivity (Wildman–Crippen MR) is 88.9 cm³/mol. The van der Waals surface area contributed by atoms with Crippen molar-refractivity contribution in [2.45, 2.75) is 25.9 Å². The fraction of sp³-hybridized carbons (Fsp3) is 0.278. The third-order valence-electron chi connectivity index (χ3n) is 3.93. The van der Waals surface area contributed by atoms with E-state index in [1.165, 1.54) is 6.07 Å². The fourth-order valence-electron chi connectivity index (χ4n) is 2.70. The number of ether oxygens (including phenoxy) is 1. The van der Waals surface area contributed by atoms with Crippen molar-refractivity contribution >= 4 is 5.96 Å².